The van der Waals surface area contributed by atoms with Crippen LogP contribution < -0.4 is 16.0 Å². The van der Waals surface area contributed by atoms with E-state index >= 15 is 0 Å². The van der Waals surface area contributed by atoms with Gasteiger partial charge < -0.3 is 30.2 Å². The van der Waals surface area contributed by atoms with Gasteiger partial charge in [-0.25, -0.2) is 4.79 Å². The average molecular weight is 580 g/mol. The Labute approximate surface area is 248 Å². The summed E-state index contributed by atoms with van der Waals surface area (Å²) in [4.78, 5) is 39.0. The van der Waals surface area contributed by atoms with E-state index in [4.69, 9.17) is 14.2 Å². The predicted octanol–water partition coefficient (Wildman–Crippen LogP) is 5.89. The molecule has 0 spiro atoms. The highest BCUT2D eigenvalue weighted by Gasteiger charge is 2.45. The highest BCUT2D eigenvalue weighted by Crippen LogP contribution is 2.35. The van der Waals surface area contributed by atoms with Crippen LogP contribution in [0.2, 0.25) is 0 Å². The van der Waals surface area contributed by atoms with Gasteiger partial charge in [-0.3, -0.25) is 9.59 Å². The first-order chi connectivity index (χ1) is 19.5. The summed E-state index contributed by atoms with van der Waals surface area (Å²) >= 11 is 0. The second-order valence-corrected chi connectivity index (χ2v) is 13.7. The number of carbonyl (C=O) groups is 3. The van der Waals surface area contributed by atoms with Crippen molar-refractivity contribution in [3.63, 3.8) is 0 Å². The van der Waals surface area contributed by atoms with Crippen LogP contribution in [0.1, 0.15) is 137 Å². The quantitative estimate of drug-likeness (QED) is 0.151. The van der Waals surface area contributed by atoms with Crippen molar-refractivity contribution < 1.29 is 28.6 Å². The van der Waals surface area contributed by atoms with Gasteiger partial charge in [-0.15, -0.1) is 0 Å². The van der Waals surface area contributed by atoms with Gasteiger partial charge in [-0.1, -0.05) is 78.6 Å². The van der Waals surface area contributed by atoms with E-state index in [1.807, 2.05) is 13.8 Å². The van der Waals surface area contributed by atoms with Gasteiger partial charge in [0.05, 0.1) is 19.1 Å². The topological polar surface area (TPSA) is 115 Å². The van der Waals surface area contributed by atoms with Crippen molar-refractivity contribution in [1.29, 1.82) is 0 Å². The van der Waals surface area contributed by atoms with Gasteiger partial charge in [0.25, 0.3) is 0 Å². The molecule has 0 radical (unpaired) electrons. The molecule has 236 valence electrons. The summed E-state index contributed by atoms with van der Waals surface area (Å²) in [6, 6.07) is -0.347. The molecular weight excluding hydrogens is 522 g/mol. The third-order valence-corrected chi connectivity index (χ3v) is 9.02. The van der Waals surface area contributed by atoms with E-state index in [0.29, 0.717) is 6.61 Å². The first-order valence-corrected chi connectivity index (χ1v) is 16.3. The summed E-state index contributed by atoms with van der Waals surface area (Å²) in [5.74, 6) is -1.46. The number of unbranched alkanes of at least 4 members (excludes halogenated alkanes) is 3. The Balaban J connectivity index is 1.49. The zero-order valence-electron chi connectivity index (χ0n) is 26.4. The van der Waals surface area contributed by atoms with E-state index in [0.717, 1.165) is 70.6 Å². The monoisotopic (exact) mass is 579 g/mol. The number of hydrogen-bond donors (Lipinski definition) is 3. The number of ether oxygens (including phenoxy) is 3. The molecule has 0 bridgehead atoms. The first kappa shape index (κ1) is 33.6. The zero-order chi connectivity index (χ0) is 29.9. The van der Waals surface area contributed by atoms with Crippen LogP contribution >= 0.6 is 0 Å². The minimum absolute atomic E-state index is 0.0646. The molecule has 0 aromatic carbocycles. The lowest BCUT2D eigenvalue weighted by molar-refractivity contribution is -0.304. The Morgan fingerprint density at radius 2 is 1.61 bits per heavy atom. The second-order valence-electron chi connectivity index (χ2n) is 13.7. The summed E-state index contributed by atoms with van der Waals surface area (Å²) in [5.41, 5.74) is -0.602. The molecule has 3 aliphatic rings. The van der Waals surface area contributed by atoms with E-state index in [2.05, 4.69) is 22.9 Å². The minimum Gasteiger partial charge on any atom is -0.460 e. The van der Waals surface area contributed by atoms with Crippen LogP contribution in [0.5, 0.6) is 0 Å². The molecule has 2 saturated carbocycles. The molecule has 3 fully saturated rings. The van der Waals surface area contributed by atoms with Crippen LogP contribution in [0.3, 0.4) is 0 Å². The summed E-state index contributed by atoms with van der Waals surface area (Å²) in [6.45, 7) is 10.2. The molecule has 3 N–H and O–H groups in total. The molecule has 1 aliphatic heterocycles. The van der Waals surface area contributed by atoms with Gasteiger partial charge in [0.1, 0.15) is 12.2 Å². The normalized spacial score (nSPS) is 27.2. The molecule has 0 aromatic rings. The molecule has 9 nitrogen and oxygen atoms in total. The predicted molar refractivity (Wildman–Crippen MR) is 159 cm³/mol. The van der Waals surface area contributed by atoms with Gasteiger partial charge >= 0.3 is 12.0 Å². The van der Waals surface area contributed by atoms with Crippen LogP contribution in [-0.2, 0) is 23.8 Å². The van der Waals surface area contributed by atoms with Crippen molar-refractivity contribution in [1.82, 2.24) is 16.0 Å². The van der Waals surface area contributed by atoms with Crippen molar-refractivity contribution in [2.45, 2.75) is 167 Å². The highest BCUT2D eigenvalue weighted by atomic mass is 16.7. The van der Waals surface area contributed by atoms with Crippen LogP contribution in [0, 0.1) is 5.41 Å². The zero-order valence-corrected chi connectivity index (χ0v) is 26.4. The van der Waals surface area contributed by atoms with Crippen LogP contribution in [0.15, 0.2) is 0 Å². The highest BCUT2D eigenvalue weighted by molar-refractivity contribution is 5.82. The largest absolute Gasteiger partial charge is 0.460 e. The van der Waals surface area contributed by atoms with E-state index in [1.54, 1.807) is 13.8 Å². The Hall–Kier alpha value is -1.87. The third kappa shape index (κ3) is 10.7. The maximum absolute atomic E-state index is 13.3. The molecular formula is C32H57N3O6. The minimum atomic E-state index is -0.837. The molecule has 3 rings (SSSR count). The lowest BCUT2D eigenvalue weighted by Gasteiger charge is -2.44. The fourth-order valence-corrected chi connectivity index (χ4v) is 6.51. The summed E-state index contributed by atoms with van der Waals surface area (Å²) in [6.07, 6.45) is 15.0. The van der Waals surface area contributed by atoms with Crippen LogP contribution in [-0.4, -0.2) is 60.6 Å². The maximum Gasteiger partial charge on any atom is 0.315 e. The Morgan fingerprint density at radius 3 is 2.34 bits per heavy atom. The lowest BCUT2D eigenvalue weighted by Crippen LogP contribution is -2.57. The second kappa shape index (κ2) is 15.6. The number of amides is 3. The molecule has 2 aliphatic carbocycles. The Morgan fingerprint density at radius 1 is 0.902 bits per heavy atom. The summed E-state index contributed by atoms with van der Waals surface area (Å²) < 4.78 is 17.5. The Bertz CT molecular complexity index is 854. The molecule has 0 aromatic heterocycles. The molecule has 41 heavy (non-hydrogen) atoms. The molecule has 9 heteroatoms. The molecule has 1 heterocycles. The standard InChI is InChI=1S/C32H57N3O6/c1-6-7-8-13-19-32(20-14-10-15-21-32)35-29(38)34-24-16-11-9-12-17-25(24)40-26(36)18-22-33-28(37)27-30(2,3)23-39-31(4,5)41-27/h24-25,27H,6-23H2,1-5H3,(H,33,37)(H2,34,35,38). The van der Waals surface area contributed by atoms with E-state index in [1.165, 1.54) is 25.7 Å². The fraction of sp³-hybridized carbons (Fsp3) is 0.906. The van der Waals surface area contributed by atoms with Crippen molar-refractivity contribution in [2.24, 2.45) is 5.41 Å². The van der Waals surface area contributed by atoms with Crippen molar-refractivity contribution in [3.8, 4) is 0 Å². The van der Waals surface area contributed by atoms with Crippen LogP contribution in [0.4, 0.5) is 4.79 Å². The molecule has 1 saturated heterocycles. The molecule has 3 atom stereocenters. The number of esters is 1. The smallest absolute Gasteiger partial charge is 0.315 e. The van der Waals surface area contributed by atoms with E-state index in [-0.39, 0.29) is 48.6 Å². The summed E-state index contributed by atoms with van der Waals surface area (Å²) in [7, 11) is 0. The lowest BCUT2D eigenvalue weighted by atomic mass is 9.78. The van der Waals surface area contributed by atoms with Gasteiger partial charge in [0.15, 0.2) is 5.79 Å². The number of hydrogen-bond acceptors (Lipinski definition) is 6. The SMILES string of the molecule is CCCCCCC1(NC(=O)NC2CCCCCC2OC(=O)CCNC(=O)C2OC(C)(C)OCC2(C)C)CCCCC1. The maximum atomic E-state index is 13.3. The number of carbonyl (C=O) groups excluding carboxylic acids is 3. The number of nitrogens with one attached hydrogen (secondary N) is 3. The fourth-order valence-electron chi connectivity index (χ4n) is 6.51. The van der Waals surface area contributed by atoms with Crippen molar-refractivity contribution in [2.75, 3.05) is 13.2 Å². The number of urea groups is 1. The molecule has 3 unspecified atom stereocenters. The van der Waals surface area contributed by atoms with Crippen molar-refractivity contribution >= 4 is 17.9 Å². The Kier molecular flexibility index (Phi) is 12.8. The average Bonchev–Trinajstić information content (AvgIpc) is 3.13. The van der Waals surface area contributed by atoms with Gasteiger partial charge in [0, 0.05) is 17.5 Å². The van der Waals surface area contributed by atoms with Gasteiger partial charge in [0.2, 0.25) is 5.91 Å². The third-order valence-electron chi connectivity index (χ3n) is 9.02. The van der Waals surface area contributed by atoms with Crippen LogP contribution in [0.25, 0.3) is 0 Å². The summed E-state index contributed by atoms with van der Waals surface area (Å²) in [5, 5.41) is 9.42. The van der Waals surface area contributed by atoms with Gasteiger partial charge in [-0.2, -0.15) is 0 Å². The molecule has 3 amide bonds. The van der Waals surface area contributed by atoms with E-state index < -0.39 is 17.3 Å². The van der Waals surface area contributed by atoms with E-state index in [9.17, 15) is 14.4 Å². The number of rotatable bonds is 12. The van der Waals surface area contributed by atoms with Crippen molar-refractivity contribution in [3.05, 3.63) is 0 Å². The van der Waals surface area contributed by atoms with Gasteiger partial charge in [-0.05, 0) is 52.4 Å². The first-order valence-electron chi connectivity index (χ1n) is 16.3.